The van der Waals surface area contributed by atoms with Crippen LogP contribution in [0.4, 0.5) is 5.69 Å². The molecule has 0 atom stereocenters. The van der Waals surface area contributed by atoms with Gasteiger partial charge in [-0.1, -0.05) is 6.07 Å². The maximum atomic E-state index is 4.24. The first-order chi connectivity index (χ1) is 6.70. The molecule has 0 saturated heterocycles. The van der Waals surface area contributed by atoms with E-state index in [0.29, 0.717) is 0 Å². The van der Waals surface area contributed by atoms with Crippen LogP contribution in [0.25, 0.3) is 0 Å². The second-order valence-corrected chi connectivity index (χ2v) is 3.87. The van der Waals surface area contributed by atoms with Gasteiger partial charge in [-0.25, -0.2) is 0 Å². The Morgan fingerprint density at radius 3 is 2.57 bits per heavy atom. The normalized spacial score (nSPS) is 15.2. The van der Waals surface area contributed by atoms with Crippen molar-refractivity contribution in [3.8, 4) is 0 Å². The molecule has 0 fully saturated rings. The summed E-state index contributed by atoms with van der Waals surface area (Å²) in [5.41, 5.74) is 5.43. The summed E-state index contributed by atoms with van der Waals surface area (Å²) in [5, 5.41) is 0. The number of nitrogens with zero attached hydrogens (tertiary/aromatic N) is 2. The molecule has 0 bridgehead atoms. The lowest BCUT2D eigenvalue weighted by atomic mass is 10.0. The van der Waals surface area contributed by atoms with Gasteiger partial charge < -0.3 is 4.90 Å². The minimum absolute atomic E-state index is 0.923. The molecule has 14 heavy (non-hydrogen) atoms. The molecule has 0 aromatic heterocycles. The molecule has 0 amide bonds. The molecule has 0 radical (unpaired) electrons. The van der Waals surface area contributed by atoms with Crippen LogP contribution >= 0.6 is 0 Å². The number of aliphatic imine (C=N–C) groups is 1. The van der Waals surface area contributed by atoms with E-state index in [1.54, 1.807) is 0 Å². The van der Waals surface area contributed by atoms with E-state index in [1.165, 1.54) is 22.4 Å². The molecule has 0 N–H and O–H groups in total. The molecule has 1 aliphatic rings. The van der Waals surface area contributed by atoms with Crippen LogP contribution in [0.3, 0.4) is 0 Å². The number of rotatable bonds is 1. The van der Waals surface area contributed by atoms with Gasteiger partial charge >= 0.3 is 0 Å². The van der Waals surface area contributed by atoms with Crippen LogP contribution in [-0.4, -0.2) is 19.4 Å². The number of hydrogen-bond acceptors (Lipinski definition) is 2. The van der Waals surface area contributed by atoms with Crippen molar-refractivity contribution in [2.24, 2.45) is 4.99 Å². The predicted molar refractivity (Wildman–Crippen MR) is 61.4 cm³/mol. The molecule has 2 nitrogen and oxygen atoms in total. The van der Waals surface area contributed by atoms with Crippen molar-refractivity contribution in [1.29, 1.82) is 0 Å². The van der Waals surface area contributed by atoms with E-state index >= 15 is 0 Å². The molecule has 0 spiro atoms. The smallest absolute Gasteiger partial charge is 0.0895 e. The first kappa shape index (κ1) is 9.25. The zero-order chi connectivity index (χ0) is 10.1. The van der Waals surface area contributed by atoms with Gasteiger partial charge in [0.25, 0.3) is 0 Å². The number of aryl methyl sites for hydroxylation is 1. The van der Waals surface area contributed by atoms with E-state index < -0.39 is 0 Å². The van der Waals surface area contributed by atoms with E-state index in [4.69, 9.17) is 0 Å². The van der Waals surface area contributed by atoms with E-state index in [0.717, 1.165) is 13.1 Å². The Kier molecular flexibility index (Phi) is 2.28. The van der Waals surface area contributed by atoms with Crippen molar-refractivity contribution in [3.05, 3.63) is 28.8 Å². The minimum Gasteiger partial charge on any atom is -0.331 e. The van der Waals surface area contributed by atoms with Gasteiger partial charge in [0.2, 0.25) is 0 Å². The summed E-state index contributed by atoms with van der Waals surface area (Å²) in [5.74, 6) is 0. The Morgan fingerprint density at radius 1 is 1.14 bits per heavy atom. The highest BCUT2D eigenvalue weighted by Crippen LogP contribution is 2.25. The second-order valence-electron chi connectivity index (χ2n) is 3.87. The van der Waals surface area contributed by atoms with Gasteiger partial charge in [0.1, 0.15) is 0 Å². The highest BCUT2D eigenvalue weighted by Gasteiger charge is 2.12. The third-order valence-electron chi connectivity index (χ3n) is 3.03. The highest BCUT2D eigenvalue weighted by atomic mass is 15.2. The monoisotopic (exact) mass is 188 g/mol. The summed E-state index contributed by atoms with van der Waals surface area (Å²) in [6.45, 7) is 8.46. The Morgan fingerprint density at radius 2 is 1.93 bits per heavy atom. The molecule has 74 valence electrons. The summed E-state index contributed by atoms with van der Waals surface area (Å²) in [7, 11) is 0. The van der Waals surface area contributed by atoms with Crippen LogP contribution in [0, 0.1) is 20.8 Å². The molecule has 1 aromatic carbocycles. The van der Waals surface area contributed by atoms with Crippen LogP contribution in [-0.2, 0) is 0 Å². The molecule has 2 heteroatoms. The molecular formula is C12H16N2. The first-order valence-corrected chi connectivity index (χ1v) is 5.03. The van der Waals surface area contributed by atoms with Crippen LogP contribution in [0.5, 0.6) is 0 Å². The quantitative estimate of drug-likeness (QED) is 0.661. The number of benzene rings is 1. The summed E-state index contributed by atoms with van der Waals surface area (Å²) >= 11 is 0. The molecule has 1 aromatic rings. The van der Waals surface area contributed by atoms with Crippen LogP contribution in [0.2, 0.25) is 0 Å². The average molecular weight is 188 g/mol. The van der Waals surface area contributed by atoms with Crippen molar-refractivity contribution < 1.29 is 0 Å². The number of hydrogen-bond donors (Lipinski definition) is 0. The summed E-state index contributed by atoms with van der Waals surface area (Å²) in [4.78, 5) is 6.46. The highest BCUT2D eigenvalue weighted by molar-refractivity contribution is 5.82. The summed E-state index contributed by atoms with van der Waals surface area (Å²) in [6, 6.07) is 4.37. The maximum Gasteiger partial charge on any atom is 0.0895 e. The average Bonchev–Trinajstić information content (AvgIpc) is 2.67. The van der Waals surface area contributed by atoms with Gasteiger partial charge in [-0.05, 0) is 43.5 Å². The van der Waals surface area contributed by atoms with Gasteiger partial charge in [0.15, 0.2) is 0 Å². The lowest BCUT2D eigenvalue weighted by Gasteiger charge is -2.19. The second kappa shape index (κ2) is 3.45. The number of anilines is 1. The fourth-order valence-electron chi connectivity index (χ4n) is 1.82. The molecule has 1 aliphatic heterocycles. The van der Waals surface area contributed by atoms with Crippen molar-refractivity contribution in [2.75, 3.05) is 18.0 Å². The molecule has 0 aliphatic carbocycles. The van der Waals surface area contributed by atoms with Crippen LogP contribution in [0.1, 0.15) is 16.7 Å². The molecule has 1 heterocycles. The topological polar surface area (TPSA) is 15.6 Å². The fourth-order valence-corrected chi connectivity index (χ4v) is 1.82. The van der Waals surface area contributed by atoms with Crippen molar-refractivity contribution in [3.63, 3.8) is 0 Å². The van der Waals surface area contributed by atoms with Crippen LogP contribution in [0.15, 0.2) is 17.1 Å². The van der Waals surface area contributed by atoms with Gasteiger partial charge in [0, 0.05) is 12.2 Å². The summed E-state index contributed by atoms with van der Waals surface area (Å²) < 4.78 is 0. The Balaban J connectivity index is 2.43. The lowest BCUT2D eigenvalue weighted by Crippen LogP contribution is -2.19. The Hall–Kier alpha value is -1.31. The third-order valence-corrected chi connectivity index (χ3v) is 3.03. The van der Waals surface area contributed by atoms with Crippen LogP contribution < -0.4 is 4.90 Å². The van der Waals surface area contributed by atoms with E-state index in [1.807, 2.05) is 6.34 Å². The SMILES string of the molecule is Cc1ccc(N2C=NCC2)c(C)c1C. The standard InChI is InChI=1S/C12H16N2/c1-9-4-5-12(11(3)10(9)2)14-7-6-13-8-14/h4-5,8H,6-7H2,1-3H3. The fraction of sp³-hybridized carbons (Fsp3) is 0.417. The Labute approximate surface area is 85.3 Å². The van der Waals surface area contributed by atoms with E-state index in [-0.39, 0.29) is 0 Å². The first-order valence-electron chi connectivity index (χ1n) is 5.03. The maximum absolute atomic E-state index is 4.24. The molecule has 0 unspecified atom stereocenters. The third kappa shape index (κ3) is 1.41. The van der Waals surface area contributed by atoms with Gasteiger partial charge in [-0.2, -0.15) is 0 Å². The summed E-state index contributed by atoms with van der Waals surface area (Å²) in [6.07, 6.45) is 1.94. The lowest BCUT2D eigenvalue weighted by molar-refractivity contribution is 1.01. The van der Waals surface area contributed by atoms with Crippen molar-refractivity contribution >= 4 is 12.0 Å². The van der Waals surface area contributed by atoms with Gasteiger partial charge in [-0.3, -0.25) is 4.99 Å². The molecule has 0 saturated carbocycles. The minimum atomic E-state index is 0.923. The van der Waals surface area contributed by atoms with Crippen molar-refractivity contribution in [1.82, 2.24) is 0 Å². The predicted octanol–water partition coefficient (Wildman–Crippen LogP) is 2.46. The molecular weight excluding hydrogens is 172 g/mol. The molecule has 2 rings (SSSR count). The zero-order valence-corrected chi connectivity index (χ0v) is 9.04. The van der Waals surface area contributed by atoms with Gasteiger partial charge in [-0.15, -0.1) is 0 Å². The zero-order valence-electron chi connectivity index (χ0n) is 9.04. The Bertz CT molecular complexity index is 380. The van der Waals surface area contributed by atoms with Crippen molar-refractivity contribution in [2.45, 2.75) is 20.8 Å². The largest absolute Gasteiger partial charge is 0.331 e. The van der Waals surface area contributed by atoms with E-state index in [2.05, 4.69) is 42.8 Å². The van der Waals surface area contributed by atoms with Gasteiger partial charge in [0.05, 0.1) is 12.9 Å². The van der Waals surface area contributed by atoms with E-state index in [9.17, 15) is 0 Å².